The van der Waals surface area contributed by atoms with E-state index in [0.717, 1.165) is 25.0 Å². The van der Waals surface area contributed by atoms with Gasteiger partial charge in [0, 0.05) is 18.4 Å². The van der Waals surface area contributed by atoms with E-state index in [-0.39, 0.29) is 18.6 Å². The SMILES string of the molecule is CCC(=O)O.COc1cccc(C([C@@H]2CCCC[C@@H]2O)N(C)C)c1. The zero-order valence-electron chi connectivity index (χ0n) is 15.2. The standard InChI is InChI=1S/C16H25NO2.C3H6O2/c1-17(2)16(14-9-4-5-10-15(14)18)12-7-6-8-13(11-12)19-3;1-2-3(4)5/h6-8,11,14-16,18H,4-5,9-10H2,1-3H3;2H2,1H3,(H,4,5)/t14-,15+,16?;/m1./s1. The number of ether oxygens (including phenoxy) is 1. The number of carbonyl (C=O) groups is 1. The minimum absolute atomic E-state index is 0.188. The van der Waals surface area contributed by atoms with Crippen molar-refractivity contribution in [2.75, 3.05) is 21.2 Å². The van der Waals surface area contributed by atoms with E-state index in [1.807, 2.05) is 12.1 Å². The van der Waals surface area contributed by atoms with Gasteiger partial charge in [-0.1, -0.05) is 31.9 Å². The quantitative estimate of drug-likeness (QED) is 0.862. The topological polar surface area (TPSA) is 70.0 Å². The van der Waals surface area contributed by atoms with Gasteiger partial charge in [-0.05, 0) is 44.6 Å². The van der Waals surface area contributed by atoms with Crippen LogP contribution in [0.4, 0.5) is 0 Å². The van der Waals surface area contributed by atoms with Crippen LogP contribution in [0.15, 0.2) is 24.3 Å². The summed E-state index contributed by atoms with van der Waals surface area (Å²) < 4.78 is 5.32. The lowest BCUT2D eigenvalue weighted by Crippen LogP contribution is -2.36. The van der Waals surface area contributed by atoms with Gasteiger partial charge in [0.25, 0.3) is 0 Å². The second-order valence-electron chi connectivity index (χ2n) is 6.45. The van der Waals surface area contributed by atoms with E-state index in [2.05, 4.69) is 31.1 Å². The third kappa shape index (κ3) is 6.13. The Bertz CT molecular complexity index is 504. The van der Waals surface area contributed by atoms with Gasteiger partial charge in [-0.2, -0.15) is 0 Å². The summed E-state index contributed by atoms with van der Waals surface area (Å²) >= 11 is 0. The number of rotatable bonds is 5. The molecule has 1 fully saturated rings. The number of hydrogen-bond donors (Lipinski definition) is 2. The normalized spacial score (nSPS) is 21.6. The van der Waals surface area contributed by atoms with Crippen molar-refractivity contribution in [2.45, 2.75) is 51.2 Å². The molecule has 0 spiro atoms. The highest BCUT2D eigenvalue weighted by Gasteiger charge is 2.33. The molecule has 0 aliphatic heterocycles. The highest BCUT2D eigenvalue weighted by atomic mass is 16.5. The lowest BCUT2D eigenvalue weighted by Gasteiger charge is -2.38. The second kappa shape index (κ2) is 10.3. The second-order valence-corrected chi connectivity index (χ2v) is 6.45. The van der Waals surface area contributed by atoms with E-state index in [9.17, 15) is 9.90 Å². The Morgan fingerprint density at radius 2 is 1.96 bits per heavy atom. The minimum atomic E-state index is -0.745. The van der Waals surface area contributed by atoms with Gasteiger partial charge in [-0.15, -0.1) is 0 Å². The van der Waals surface area contributed by atoms with Crippen LogP contribution in [0.2, 0.25) is 0 Å². The lowest BCUT2D eigenvalue weighted by atomic mass is 9.78. The molecule has 1 aliphatic rings. The molecule has 0 radical (unpaired) electrons. The van der Waals surface area contributed by atoms with Gasteiger partial charge in [0.1, 0.15) is 5.75 Å². The number of carboxylic acids is 1. The lowest BCUT2D eigenvalue weighted by molar-refractivity contribution is -0.136. The van der Waals surface area contributed by atoms with Crippen molar-refractivity contribution in [1.82, 2.24) is 4.90 Å². The summed E-state index contributed by atoms with van der Waals surface area (Å²) in [6.07, 6.45) is 4.43. The van der Waals surface area contributed by atoms with Gasteiger partial charge < -0.3 is 19.8 Å². The predicted octanol–water partition coefficient (Wildman–Crippen LogP) is 3.33. The highest BCUT2D eigenvalue weighted by Crippen LogP contribution is 2.38. The third-order valence-corrected chi connectivity index (χ3v) is 4.48. The molecule has 1 unspecified atom stereocenters. The van der Waals surface area contributed by atoms with Gasteiger partial charge >= 0.3 is 5.97 Å². The van der Waals surface area contributed by atoms with Crippen molar-refractivity contribution in [3.8, 4) is 5.75 Å². The number of nitrogens with zero attached hydrogens (tertiary/aromatic N) is 1. The number of aliphatic hydroxyl groups excluding tert-OH is 1. The average molecular weight is 337 g/mol. The van der Waals surface area contributed by atoms with Crippen molar-refractivity contribution in [3.63, 3.8) is 0 Å². The molecule has 0 heterocycles. The molecule has 2 rings (SSSR count). The summed E-state index contributed by atoms with van der Waals surface area (Å²) in [5.41, 5.74) is 1.23. The smallest absolute Gasteiger partial charge is 0.303 e. The molecule has 0 aromatic heterocycles. The number of methoxy groups -OCH3 is 1. The van der Waals surface area contributed by atoms with E-state index in [1.54, 1.807) is 14.0 Å². The van der Waals surface area contributed by atoms with Crippen molar-refractivity contribution >= 4 is 5.97 Å². The van der Waals surface area contributed by atoms with E-state index in [1.165, 1.54) is 12.0 Å². The Hall–Kier alpha value is -1.59. The molecule has 3 atom stereocenters. The summed E-state index contributed by atoms with van der Waals surface area (Å²) in [5, 5.41) is 18.0. The molecule has 0 bridgehead atoms. The molecule has 2 N–H and O–H groups in total. The van der Waals surface area contributed by atoms with Crippen LogP contribution >= 0.6 is 0 Å². The van der Waals surface area contributed by atoms with E-state index in [4.69, 9.17) is 9.84 Å². The first kappa shape index (κ1) is 20.5. The van der Waals surface area contributed by atoms with Gasteiger partial charge in [-0.25, -0.2) is 0 Å². The number of aliphatic hydroxyl groups is 1. The molecular weight excluding hydrogens is 306 g/mol. The molecule has 1 aromatic rings. The maximum absolute atomic E-state index is 10.3. The summed E-state index contributed by atoms with van der Waals surface area (Å²) in [6, 6.07) is 8.47. The fraction of sp³-hybridized carbons (Fsp3) is 0.632. The molecule has 0 amide bonds. The van der Waals surface area contributed by atoms with Crippen molar-refractivity contribution < 1.29 is 19.7 Å². The fourth-order valence-corrected chi connectivity index (χ4v) is 3.26. The van der Waals surface area contributed by atoms with Gasteiger partial charge in [0.2, 0.25) is 0 Å². The number of hydrogen-bond acceptors (Lipinski definition) is 4. The molecule has 0 saturated heterocycles. The van der Waals surface area contributed by atoms with Crippen molar-refractivity contribution in [1.29, 1.82) is 0 Å². The van der Waals surface area contributed by atoms with Crippen molar-refractivity contribution in [3.05, 3.63) is 29.8 Å². The maximum atomic E-state index is 10.3. The first-order valence-corrected chi connectivity index (χ1v) is 8.60. The highest BCUT2D eigenvalue weighted by molar-refractivity contribution is 5.66. The molecule has 5 nitrogen and oxygen atoms in total. The Kier molecular flexibility index (Phi) is 8.79. The van der Waals surface area contributed by atoms with Gasteiger partial charge in [0.05, 0.1) is 13.2 Å². The zero-order valence-corrected chi connectivity index (χ0v) is 15.2. The monoisotopic (exact) mass is 337 g/mol. The van der Waals surface area contributed by atoms with E-state index in [0.29, 0.717) is 5.92 Å². The van der Waals surface area contributed by atoms with Crippen LogP contribution in [0.3, 0.4) is 0 Å². The molecular formula is C19H31NO4. The molecule has 5 heteroatoms. The third-order valence-electron chi connectivity index (χ3n) is 4.48. The Morgan fingerprint density at radius 3 is 2.46 bits per heavy atom. The minimum Gasteiger partial charge on any atom is -0.497 e. The van der Waals surface area contributed by atoms with Crippen LogP contribution in [-0.4, -0.2) is 48.4 Å². The number of aliphatic carboxylic acids is 1. The fourth-order valence-electron chi connectivity index (χ4n) is 3.26. The predicted molar refractivity (Wildman–Crippen MR) is 95.3 cm³/mol. The van der Waals surface area contributed by atoms with E-state index >= 15 is 0 Å². The van der Waals surface area contributed by atoms with Crippen LogP contribution in [0.25, 0.3) is 0 Å². The summed E-state index contributed by atoms with van der Waals surface area (Å²) in [4.78, 5) is 11.6. The largest absolute Gasteiger partial charge is 0.497 e. The van der Waals surface area contributed by atoms with Crippen LogP contribution < -0.4 is 4.74 Å². The van der Waals surface area contributed by atoms with Gasteiger partial charge in [-0.3, -0.25) is 4.79 Å². The molecule has 24 heavy (non-hydrogen) atoms. The first-order valence-electron chi connectivity index (χ1n) is 8.60. The summed E-state index contributed by atoms with van der Waals surface area (Å²) in [6.45, 7) is 1.60. The molecule has 1 saturated carbocycles. The molecule has 1 aromatic carbocycles. The zero-order chi connectivity index (χ0) is 18.1. The van der Waals surface area contributed by atoms with E-state index < -0.39 is 5.97 Å². The Balaban J connectivity index is 0.000000505. The Morgan fingerprint density at radius 1 is 1.33 bits per heavy atom. The molecule has 1 aliphatic carbocycles. The number of benzene rings is 1. The average Bonchev–Trinajstić information content (AvgIpc) is 2.57. The molecule has 136 valence electrons. The van der Waals surface area contributed by atoms with Crippen LogP contribution in [0.5, 0.6) is 5.75 Å². The Labute approximate surface area is 145 Å². The number of carboxylic acid groups (broad SMARTS) is 1. The van der Waals surface area contributed by atoms with Crippen LogP contribution in [0.1, 0.15) is 50.6 Å². The van der Waals surface area contributed by atoms with Gasteiger partial charge in [0.15, 0.2) is 0 Å². The first-order chi connectivity index (χ1) is 11.4. The van der Waals surface area contributed by atoms with Crippen LogP contribution in [0, 0.1) is 5.92 Å². The van der Waals surface area contributed by atoms with Crippen molar-refractivity contribution in [2.24, 2.45) is 5.92 Å². The summed E-state index contributed by atoms with van der Waals surface area (Å²) in [7, 11) is 5.87. The summed E-state index contributed by atoms with van der Waals surface area (Å²) in [5.74, 6) is 0.454. The van der Waals surface area contributed by atoms with Crippen LogP contribution in [-0.2, 0) is 4.79 Å². The maximum Gasteiger partial charge on any atom is 0.303 e.